The molecule has 0 atom stereocenters. The van der Waals surface area contributed by atoms with E-state index in [1.807, 2.05) is 0 Å². The van der Waals surface area contributed by atoms with Crippen LogP contribution < -0.4 is 14.8 Å². The number of amides is 1. The van der Waals surface area contributed by atoms with Crippen LogP contribution in [0.1, 0.15) is 16.3 Å². The van der Waals surface area contributed by atoms with Crippen molar-refractivity contribution in [3.05, 3.63) is 71.7 Å². The van der Waals surface area contributed by atoms with Gasteiger partial charge in [0, 0.05) is 6.07 Å². The smallest absolute Gasteiger partial charge is 0.387 e. The maximum Gasteiger partial charge on any atom is 0.387 e. The van der Waals surface area contributed by atoms with Gasteiger partial charge in [-0.2, -0.15) is 8.78 Å². The minimum absolute atomic E-state index is 0.0164. The number of fused-ring (bicyclic) bond motifs is 1. The summed E-state index contributed by atoms with van der Waals surface area (Å²) in [5.74, 6) is -2.16. The minimum Gasteiger partial charge on any atom is -0.483 e. The predicted molar refractivity (Wildman–Crippen MR) is 104 cm³/mol. The number of anilines is 1. The number of furan rings is 1. The molecule has 0 saturated carbocycles. The fourth-order valence-electron chi connectivity index (χ4n) is 2.61. The number of rotatable bonds is 7. The van der Waals surface area contributed by atoms with Crippen LogP contribution in [0.25, 0.3) is 10.2 Å². The lowest BCUT2D eigenvalue weighted by Crippen LogP contribution is -2.10. The van der Waals surface area contributed by atoms with Gasteiger partial charge in [-0.25, -0.2) is 13.8 Å². The highest BCUT2D eigenvalue weighted by atomic mass is 32.1. The van der Waals surface area contributed by atoms with Gasteiger partial charge in [-0.15, -0.1) is 0 Å². The monoisotopic (exact) mass is 452 g/mol. The summed E-state index contributed by atoms with van der Waals surface area (Å²) in [6.45, 7) is -3.12. The van der Waals surface area contributed by atoms with E-state index in [2.05, 4.69) is 15.0 Å². The number of ether oxygens (including phenoxy) is 2. The van der Waals surface area contributed by atoms with Crippen molar-refractivity contribution in [2.24, 2.45) is 0 Å². The molecule has 0 aliphatic carbocycles. The molecule has 4 aromatic rings. The summed E-state index contributed by atoms with van der Waals surface area (Å²) in [6, 6.07) is 10.0. The number of thiazole rings is 1. The van der Waals surface area contributed by atoms with Crippen LogP contribution in [0.2, 0.25) is 0 Å². The first-order valence-electron chi connectivity index (χ1n) is 8.71. The van der Waals surface area contributed by atoms with Crippen LogP contribution in [0.15, 0.2) is 52.9 Å². The van der Waals surface area contributed by atoms with Crippen LogP contribution in [-0.2, 0) is 6.61 Å². The first kappa shape index (κ1) is 20.7. The van der Waals surface area contributed by atoms with Crippen molar-refractivity contribution < 1.29 is 36.2 Å². The summed E-state index contributed by atoms with van der Waals surface area (Å²) in [5, 5.41) is 2.79. The van der Waals surface area contributed by atoms with Gasteiger partial charge < -0.3 is 13.9 Å². The molecule has 0 aliphatic rings. The zero-order valence-corrected chi connectivity index (χ0v) is 16.2. The first-order valence-corrected chi connectivity index (χ1v) is 9.52. The van der Waals surface area contributed by atoms with Crippen LogP contribution in [0, 0.1) is 11.6 Å². The number of nitrogens with zero attached hydrogens (tertiary/aromatic N) is 1. The van der Waals surface area contributed by atoms with Gasteiger partial charge in [0.1, 0.15) is 23.9 Å². The lowest BCUT2D eigenvalue weighted by atomic mass is 10.3. The molecule has 0 bridgehead atoms. The maximum absolute atomic E-state index is 13.6. The molecule has 1 N–H and O–H groups in total. The van der Waals surface area contributed by atoms with E-state index in [1.165, 1.54) is 30.3 Å². The molecule has 1 amide bonds. The van der Waals surface area contributed by atoms with E-state index < -0.39 is 24.2 Å². The van der Waals surface area contributed by atoms with Gasteiger partial charge in [0.25, 0.3) is 5.91 Å². The molecule has 160 valence electrons. The topological polar surface area (TPSA) is 73.6 Å². The van der Waals surface area contributed by atoms with Crippen LogP contribution in [0.4, 0.5) is 22.7 Å². The standard InChI is InChI=1S/C20H12F4N2O4S/c21-10-1-5-15(13(22)7-10)28-9-12-3-6-16(29-12)18(27)26-20-25-14-4-2-11(30-19(23)24)8-17(14)31-20/h1-8,19H,9H2,(H,25,26,27). The first-order chi connectivity index (χ1) is 14.9. The minimum atomic E-state index is -2.94. The van der Waals surface area contributed by atoms with Crippen molar-refractivity contribution in [3.63, 3.8) is 0 Å². The van der Waals surface area contributed by atoms with Crippen LogP contribution in [0.5, 0.6) is 11.5 Å². The molecule has 0 unspecified atom stereocenters. The number of nitrogens with one attached hydrogen (secondary N) is 1. The molecule has 0 spiro atoms. The normalized spacial score (nSPS) is 11.1. The van der Waals surface area contributed by atoms with Crippen molar-refractivity contribution in [1.82, 2.24) is 4.98 Å². The highest BCUT2D eigenvalue weighted by Gasteiger charge is 2.15. The van der Waals surface area contributed by atoms with Crippen molar-refractivity contribution in [2.75, 3.05) is 5.32 Å². The number of hydrogen-bond donors (Lipinski definition) is 1. The Bertz CT molecular complexity index is 1240. The van der Waals surface area contributed by atoms with Gasteiger partial charge in [0.2, 0.25) is 0 Å². The predicted octanol–water partition coefficient (Wildman–Crippen LogP) is 5.60. The second-order valence-corrected chi connectivity index (χ2v) is 7.14. The van der Waals surface area contributed by atoms with Gasteiger partial charge in [-0.3, -0.25) is 10.1 Å². The molecule has 0 saturated heterocycles. The van der Waals surface area contributed by atoms with E-state index in [0.717, 1.165) is 23.5 Å². The highest BCUT2D eigenvalue weighted by molar-refractivity contribution is 7.22. The van der Waals surface area contributed by atoms with Crippen molar-refractivity contribution in [1.29, 1.82) is 0 Å². The molecule has 0 aliphatic heterocycles. The number of halogens is 4. The van der Waals surface area contributed by atoms with Gasteiger partial charge >= 0.3 is 6.61 Å². The van der Waals surface area contributed by atoms with E-state index in [0.29, 0.717) is 16.3 Å². The number of carbonyl (C=O) groups is 1. The van der Waals surface area contributed by atoms with Gasteiger partial charge in [-0.1, -0.05) is 11.3 Å². The summed E-state index contributed by atoms with van der Waals surface area (Å²) in [6.07, 6.45) is 0. The third-order valence-electron chi connectivity index (χ3n) is 3.95. The fraction of sp³-hybridized carbons (Fsp3) is 0.100. The Kier molecular flexibility index (Phi) is 5.76. The third kappa shape index (κ3) is 4.94. The van der Waals surface area contributed by atoms with Crippen molar-refractivity contribution in [2.45, 2.75) is 13.2 Å². The van der Waals surface area contributed by atoms with Gasteiger partial charge in [-0.05, 0) is 42.5 Å². The Morgan fingerprint density at radius 3 is 2.74 bits per heavy atom. The quantitative estimate of drug-likeness (QED) is 0.370. The largest absolute Gasteiger partial charge is 0.483 e. The molecule has 2 aromatic heterocycles. The average Bonchev–Trinajstić information content (AvgIpc) is 3.33. The Morgan fingerprint density at radius 2 is 1.97 bits per heavy atom. The summed E-state index contributed by atoms with van der Waals surface area (Å²) in [7, 11) is 0. The van der Waals surface area contributed by atoms with E-state index >= 15 is 0 Å². The second-order valence-electron chi connectivity index (χ2n) is 6.11. The van der Waals surface area contributed by atoms with Gasteiger partial charge in [0.05, 0.1) is 10.2 Å². The lowest BCUT2D eigenvalue weighted by Gasteiger charge is -2.05. The van der Waals surface area contributed by atoms with Crippen LogP contribution in [0.3, 0.4) is 0 Å². The molecule has 4 rings (SSSR count). The van der Waals surface area contributed by atoms with E-state index in [9.17, 15) is 22.4 Å². The summed E-state index contributed by atoms with van der Waals surface area (Å²) < 4.78 is 66.7. The molecule has 2 heterocycles. The molecule has 6 nitrogen and oxygen atoms in total. The number of alkyl halides is 2. The molecular formula is C20H12F4N2O4S. The van der Waals surface area contributed by atoms with E-state index in [-0.39, 0.29) is 34.8 Å². The fourth-order valence-corrected chi connectivity index (χ4v) is 3.50. The molecule has 11 heteroatoms. The number of aromatic nitrogens is 1. The summed E-state index contributed by atoms with van der Waals surface area (Å²) in [5.41, 5.74) is 0.497. The lowest BCUT2D eigenvalue weighted by molar-refractivity contribution is -0.0497. The SMILES string of the molecule is O=C(Nc1nc2ccc(OC(F)F)cc2s1)c1ccc(COc2ccc(F)cc2F)o1. The molecule has 31 heavy (non-hydrogen) atoms. The Balaban J connectivity index is 1.40. The zero-order valence-electron chi connectivity index (χ0n) is 15.4. The number of hydrogen-bond acceptors (Lipinski definition) is 6. The van der Waals surface area contributed by atoms with Crippen LogP contribution >= 0.6 is 11.3 Å². The Morgan fingerprint density at radius 1 is 1.13 bits per heavy atom. The zero-order chi connectivity index (χ0) is 22.0. The molecule has 2 aromatic carbocycles. The summed E-state index contributed by atoms with van der Waals surface area (Å²) in [4.78, 5) is 16.6. The third-order valence-corrected chi connectivity index (χ3v) is 4.89. The van der Waals surface area contributed by atoms with Crippen LogP contribution in [-0.4, -0.2) is 17.5 Å². The van der Waals surface area contributed by atoms with E-state index in [4.69, 9.17) is 9.15 Å². The van der Waals surface area contributed by atoms with Crippen molar-refractivity contribution in [3.8, 4) is 11.5 Å². The van der Waals surface area contributed by atoms with E-state index in [1.54, 1.807) is 0 Å². The average molecular weight is 452 g/mol. The second kappa shape index (κ2) is 8.64. The van der Waals surface area contributed by atoms with Gasteiger partial charge in [0.15, 0.2) is 22.5 Å². The number of carbonyl (C=O) groups excluding carboxylic acids is 1. The Hall–Kier alpha value is -3.60. The molecular weight excluding hydrogens is 440 g/mol. The maximum atomic E-state index is 13.6. The molecule has 0 fully saturated rings. The van der Waals surface area contributed by atoms with Crippen molar-refractivity contribution >= 4 is 32.6 Å². The Labute approximate surface area is 176 Å². The number of benzene rings is 2. The highest BCUT2D eigenvalue weighted by Crippen LogP contribution is 2.30. The molecule has 0 radical (unpaired) electrons. The summed E-state index contributed by atoms with van der Waals surface area (Å²) >= 11 is 1.07.